The molecule has 2 bridgehead atoms. The Kier molecular flexibility index (Phi) is 5.49. The van der Waals surface area contributed by atoms with Crippen LogP contribution in [-0.4, -0.2) is 54.9 Å². The van der Waals surface area contributed by atoms with Crippen molar-refractivity contribution in [2.24, 2.45) is 28.7 Å². The molecule has 160 valence electrons. The summed E-state index contributed by atoms with van der Waals surface area (Å²) in [5.74, 6) is 1.60. The van der Waals surface area contributed by atoms with E-state index < -0.39 is 0 Å². The van der Waals surface area contributed by atoms with E-state index in [-0.39, 0.29) is 35.5 Å². The van der Waals surface area contributed by atoms with Gasteiger partial charge in [-0.3, -0.25) is 24.5 Å². The molecule has 1 aromatic heterocycles. The fraction of sp³-hybridized carbons (Fsp3) is 0.545. The summed E-state index contributed by atoms with van der Waals surface area (Å²) in [6.07, 6.45) is 6.97. The number of aromatic nitrogens is 1. The van der Waals surface area contributed by atoms with E-state index in [4.69, 9.17) is 4.74 Å². The van der Waals surface area contributed by atoms with Gasteiger partial charge in [0.15, 0.2) is 5.96 Å². The second-order valence-corrected chi connectivity index (χ2v) is 8.23. The Balaban J connectivity index is 1.30. The Morgan fingerprint density at radius 3 is 2.47 bits per heavy atom. The van der Waals surface area contributed by atoms with Gasteiger partial charge in [-0.2, -0.15) is 0 Å². The zero-order chi connectivity index (χ0) is 21.4. The van der Waals surface area contributed by atoms with Crippen molar-refractivity contribution in [1.82, 2.24) is 20.5 Å². The van der Waals surface area contributed by atoms with Crippen LogP contribution >= 0.6 is 0 Å². The van der Waals surface area contributed by atoms with E-state index in [9.17, 15) is 9.59 Å². The number of nitrogens with zero attached hydrogens (tertiary/aromatic N) is 3. The number of likely N-dealkylation sites (tertiary alicyclic amines) is 1. The number of aliphatic imine (C=N–C) groups is 1. The smallest absolute Gasteiger partial charge is 0.233 e. The topological polar surface area (TPSA) is 95.9 Å². The summed E-state index contributed by atoms with van der Waals surface area (Å²) in [5.41, 5.74) is 2.86. The van der Waals surface area contributed by atoms with Gasteiger partial charge in [0.25, 0.3) is 0 Å². The third-order valence-corrected chi connectivity index (χ3v) is 6.59. The van der Waals surface area contributed by atoms with E-state index in [1.807, 2.05) is 13.8 Å². The third-order valence-electron chi connectivity index (χ3n) is 6.59. The molecule has 30 heavy (non-hydrogen) atoms. The molecule has 8 heteroatoms. The van der Waals surface area contributed by atoms with Crippen LogP contribution in [0.2, 0.25) is 0 Å². The molecule has 1 aliphatic heterocycles. The van der Waals surface area contributed by atoms with Crippen LogP contribution in [0.3, 0.4) is 0 Å². The number of rotatable bonds is 6. The number of hydrogen-bond donors (Lipinski definition) is 2. The highest BCUT2D eigenvalue weighted by atomic mass is 16.5. The van der Waals surface area contributed by atoms with Gasteiger partial charge < -0.3 is 15.4 Å². The number of guanidine groups is 1. The van der Waals surface area contributed by atoms with Crippen molar-refractivity contribution in [3.8, 4) is 5.75 Å². The van der Waals surface area contributed by atoms with E-state index in [1.54, 1.807) is 20.4 Å². The van der Waals surface area contributed by atoms with Crippen molar-refractivity contribution >= 4 is 17.8 Å². The lowest BCUT2D eigenvalue weighted by Gasteiger charge is -2.19. The number of nitrogens with one attached hydrogen (secondary N) is 2. The molecule has 2 N–H and O–H groups in total. The number of ether oxygens (including phenoxy) is 1. The average Bonchev–Trinajstić information content (AvgIpc) is 3.41. The lowest BCUT2D eigenvalue weighted by molar-refractivity contribution is -0.140. The number of fused-ring (bicyclic) bond motifs is 5. The fourth-order valence-electron chi connectivity index (χ4n) is 5.11. The van der Waals surface area contributed by atoms with E-state index in [0.29, 0.717) is 25.6 Å². The maximum Gasteiger partial charge on any atom is 0.233 e. The molecule has 0 aromatic carbocycles. The molecule has 0 spiro atoms. The van der Waals surface area contributed by atoms with E-state index in [0.717, 1.165) is 29.0 Å². The van der Waals surface area contributed by atoms with Gasteiger partial charge in [-0.25, -0.2) is 0 Å². The largest absolute Gasteiger partial charge is 0.496 e. The number of amides is 2. The van der Waals surface area contributed by atoms with Gasteiger partial charge in [-0.05, 0) is 32.1 Å². The Labute approximate surface area is 176 Å². The van der Waals surface area contributed by atoms with Crippen molar-refractivity contribution in [3.63, 3.8) is 0 Å². The first-order chi connectivity index (χ1) is 14.5. The predicted molar refractivity (Wildman–Crippen MR) is 113 cm³/mol. The number of methoxy groups -OCH3 is 1. The van der Waals surface area contributed by atoms with Crippen molar-refractivity contribution in [2.45, 2.75) is 26.8 Å². The lowest BCUT2D eigenvalue weighted by atomic mass is 9.85. The molecule has 2 fully saturated rings. The zero-order valence-electron chi connectivity index (χ0n) is 17.9. The number of carbonyl (C=O) groups excluding carboxylic acids is 2. The van der Waals surface area contributed by atoms with Gasteiger partial charge in [0.2, 0.25) is 11.8 Å². The fourth-order valence-corrected chi connectivity index (χ4v) is 5.11. The van der Waals surface area contributed by atoms with Gasteiger partial charge in [0.1, 0.15) is 5.75 Å². The summed E-state index contributed by atoms with van der Waals surface area (Å²) in [7, 11) is 3.34. The number of carbonyl (C=O) groups is 2. The van der Waals surface area contributed by atoms with Crippen LogP contribution in [0.5, 0.6) is 5.75 Å². The average molecular weight is 412 g/mol. The van der Waals surface area contributed by atoms with E-state index >= 15 is 0 Å². The molecule has 1 saturated carbocycles. The molecule has 2 amide bonds. The molecule has 1 saturated heterocycles. The summed E-state index contributed by atoms with van der Waals surface area (Å²) < 4.78 is 5.45. The Morgan fingerprint density at radius 1 is 1.20 bits per heavy atom. The standard InChI is InChI=1S/C22H29N5O3/c1-12-10-25-16(13(2)19(12)30-4)11-26-22(23-3)24-7-8-27-20(28)17-14-5-6-15(9-14)18(17)21(27)29/h5-6,10,14-15,17-18H,7-9,11H2,1-4H3,(H2,23,24,26). The first-order valence-corrected chi connectivity index (χ1v) is 10.4. The molecular formula is C22H29N5O3. The van der Waals surface area contributed by atoms with Crippen LogP contribution in [0, 0.1) is 37.5 Å². The molecule has 4 rings (SSSR count). The molecule has 3 aliphatic rings. The normalized spacial score (nSPS) is 27.1. The van der Waals surface area contributed by atoms with Gasteiger partial charge in [0, 0.05) is 37.5 Å². The van der Waals surface area contributed by atoms with Crippen LogP contribution in [0.25, 0.3) is 0 Å². The minimum absolute atomic E-state index is 0.0156. The first kappa shape index (κ1) is 20.4. The van der Waals surface area contributed by atoms with Crippen LogP contribution in [0.4, 0.5) is 0 Å². The molecule has 0 radical (unpaired) electrons. The maximum absolute atomic E-state index is 12.7. The van der Waals surface area contributed by atoms with Gasteiger partial charge in [-0.1, -0.05) is 12.2 Å². The van der Waals surface area contributed by atoms with Gasteiger partial charge >= 0.3 is 0 Å². The number of hydrogen-bond acceptors (Lipinski definition) is 5. The van der Waals surface area contributed by atoms with Gasteiger partial charge in [0.05, 0.1) is 31.2 Å². The number of imide groups is 1. The summed E-state index contributed by atoms with van der Waals surface area (Å²) in [4.78, 5) is 35.6. The van der Waals surface area contributed by atoms with Crippen LogP contribution in [0.15, 0.2) is 23.3 Å². The Hall–Kier alpha value is -2.90. The monoisotopic (exact) mass is 411 g/mol. The van der Waals surface area contributed by atoms with Crippen molar-refractivity contribution < 1.29 is 14.3 Å². The molecular weight excluding hydrogens is 382 g/mol. The maximum atomic E-state index is 12.7. The molecule has 4 unspecified atom stereocenters. The van der Waals surface area contributed by atoms with Crippen molar-refractivity contribution in [3.05, 3.63) is 35.2 Å². The zero-order valence-corrected chi connectivity index (χ0v) is 17.9. The van der Waals surface area contributed by atoms with E-state index in [1.165, 1.54) is 4.90 Å². The summed E-state index contributed by atoms with van der Waals surface area (Å²) in [6.45, 7) is 5.23. The Morgan fingerprint density at radius 2 is 1.87 bits per heavy atom. The summed E-state index contributed by atoms with van der Waals surface area (Å²) >= 11 is 0. The summed E-state index contributed by atoms with van der Waals surface area (Å²) in [5, 5.41) is 6.42. The van der Waals surface area contributed by atoms with E-state index in [2.05, 4.69) is 32.8 Å². The van der Waals surface area contributed by atoms with Crippen LogP contribution in [-0.2, 0) is 16.1 Å². The highest BCUT2D eigenvalue weighted by molar-refractivity contribution is 6.06. The molecule has 4 atom stereocenters. The number of aryl methyl sites for hydroxylation is 1. The predicted octanol–water partition coefficient (Wildman–Crippen LogP) is 1.18. The highest BCUT2D eigenvalue weighted by Crippen LogP contribution is 2.52. The first-order valence-electron chi connectivity index (χ1n) is 10.4. The molecule has 8 nitrogen and oxygen atoms in total. The second kappa shape index (κ2) is 8.08. The van der Waals surface area contributed by atoms with Crippen molar-refractivity contribution in [2.75, 3.05) is 27.2 Å². The Bertz CT molecular complexity index is 896. The highest BCUT2D eigenvalue weighted by Gasteiger charge is 2.58. The minimum Gasteiger partial charge on any atom is -0.496 e. The van der Waals surface area contributed by atoms with Crippen LogP contribution in [0.1, 0.15) is 23.2 Å². The van der Waals surface area contributed by atoms with Gasteiger partial charge in [-0.15, -0.1) is 0 Å². The van der Waals surface area contributed by atoms with Crippen LogP contribution < -0.4 is 15.4 Å². The third kappa shape index (κ3) is 3.34. The molecule has 1 aromatic rings. The van der Waals surface area contributed by atoms with Crippen molar-refractivity contribution in [1.29, 1.82) is 0 Å². The second-order valence-electron chi connectivity index (χ2n) is 8.23. The SMILES string of the molecule is CN=C(NCCN1C(=O)C2C3C=CC(C3)C2C1=O)NCc1ncc(C)c(OC)c1C. The minimum atomic E-state index is -0.143. The lowest BCUT2D eigenvalue weighted by Crippen LogP contribution is -2.43. The molecule has 2 heterocycles. The molecule has 2 aliphatic carbocycles. The summed E-state index contributed by atoms with van der Waals surface area (Å²) in [6, 6.07) is 0. The number of pyridine rings is 1. The quantitative estimate of drug-likeness (QED) is 0.316. The number of allylic oxidation sites excluding steroid dienone is 2.